The van der Waals surface area contributed by atoms with Gasteiger partial charge < -0.3 is 19.1 Å². The van der Waals surface area contributed by atoms with Crippen LogP contribution in [-0.2, 0) is 4.79 Å². The van der Waals surface area contributed by atoms with Gasteiger partial charge in [-0.25, -0.2) is 4.39 Å². The van der Waals surface area contributed by atoms with Gasteiger partial charge in [0.1, 0.15) is 0 Å². The number of ether oxygens (including phenoxy) is 3. The average Bonchev–Trinajstić information content (AvgIpc) is 3.06. The van der Waals surface area contributed by atoms with E-state index in [1.54, 1.807) is 17.0 Å². The minimum absolute atomic E-state index is 0.0288. The van der Waals surface area contributed by atoms with Gasteiger partial charge in [-0.2, -0.15) is 0 Å². The third kappa shape index (κ3) is 3.84. The highest BCUT2D eigenvalue weighted by atomic mass is 19.1. The second kappa shape index (κ2) is 7.86. The maximum atomic E-state index is 13.7. The molecule has 0 aliphatic carbocycles. The van der Waals surface area contributed by atoms with Gasteiger partial charge in [0.25, 0.3) is 5.91 Å². The molecule has 0 N–H and O–H groups in total. The number of hydrogen-bond acceptors (Lipinski definition) is 4. The highest BCUT2D eigenvalue weighted by Crippen LogP contribution is 2.38. The van der Waals surface area contributed by atoms with Gasteiger partial charge in [0.2, 0.25) is 0 Å². The monoisotopic (exact) mass is 371 g/mol. The summed E-state index contributed by atoms with van der Waals surface area (Å²) in [6, 6.07) is 11.9. The maximum Gasteiger partial charge on any atom is 0.261 e. The minimum atomic E-state index is -0.467. The van der Waals surface area contributed by atoms with E-state index in [1.807, 2.05) is 18.2 Å². The summed E-state index contributed by atoms with van der Waals surface area (Å²) in [4.78, 5) is 14.5. The van der Waals surface area contributed by atoms with Gasteiger partial charge in [-0.15, -0.1) is 0 Å². The Kier molecular flexibility index (Phi) is 5.14. The fraction of sp³-hybridized carbons (Fsp3) is 0.381. The molecule has 27 heavy (non-hydrogen) atoms. The fourth-order valence-corrected chi connectivity index (χ4v) is 3.58. The van der Waals surface area contributed by atoms with Gasteiger partial charge >= 0.3 is 0 Å². The van der Waals surface area contributed by atoms with Gasteiger partial charge in [-0.3, -0.25) is 4.79 Å². The average molecular weight is 371 g/mol. The van der Waals surface area contributed by atoms with Crippen LogP contribution in [0.2, 0.25) is 0 Å². The van der Waals surface area contributed by atoms with Crippen molar-refractivity contribution in [2.75, 3.05) is 26.4 Å². The van der Waals surface area contributed by atoms with Crippen LogP contribution in [0.5, 0.6) is 17.2 Å². The van der Waals surface area contributed by atoms with Crippen molar-refractivity contribution in [1.82, 2.24) is 4.90 Å². The summed E-state index contributed by atoms with van der Waals surface area (Å²) < 4.78 is 30.5. The molecule has 2 aliphatic heterocycles. The first-order chi connectivity index (χ1) is 13.2. The Morgan fingerprint density at radius 3 is 2.78 bits per heavy atom. The smallest absolute Gasteiger partial charge is 0.261 e. The Morgan fingerprint density at radius 1 is 1.11 bits per heavy atom. The van der Waals surface area contributed by atoms with E-state index in [4.69, 9.17) is 14.2 Å². The van der Waals surface area contributed by atoms with Crippen LogP contribution in [0.3, 0.4) is 0 Å². The second-order valence-electron chi connectivity index (χ2n) is 6.72. The van der Waals surface area contributed by atoms with Gasteiger partial charge in [0, 0.05) is 13.0 Å². The lowest BCUT2D eigenvalue weighted by Crippen LogP contribution is -2.34. The van der Waals surface area contributed by atoms with Crippen molar-refractivity contribution in [3.63, 3.8) is 0 Å². The van der Waals surface area contributed by atoms with E-state index in [-0.39, 0.29) is 24.3 Å². The van der Waals surface area contributed by atoms with Crippen molar-refractivity contribution in [3.05, 3.63) is 53.8 Å². The van der Waals surface area contributed by atoms with E-state index < -0.39 is 5.82 Å². The molecule has 1 atom stereocenters. The number of para-hydroxylation sites is 1. The van der Waals surface area contributed by atoms with Crippen molar-refractivity contribution in [2.24, 2.45) is 0 Å². The molecule has 2 aromatic rings. The number of hydrogen-bond donors (Lipinski definition) is 0. The second-order valence-corrected chi connectivity index (χ2v) is 6.72. The van der Waals surface area contributed by atoms with Crippen LogP contribution in [-0.4, -0.2) is 37.2 Å². The number of rotatable bonds is 4. The molecule has 2 heterocycles. The topological polar surface area (TPSA) is 48.0 Å². The zero-order valence-electron chi connectivity index (χ0n) is 15.0. The van der Waals surface area contributed by atoms with Gasteiger partial charge in [0.05, 0.1) is 19.3 Å². The zero-order chi connectivity index (χ0) is 18.6. The highest BCUT2D eigenvalue weighted by molar-refractivity contribution is 5.78. The van der Waals surface area contributed by atoms with Gasteiger partial charge in [-0.05, 0) is 42.7 Å². The zero-order valence-corrected chi connectivity index (χ0v) is 15.0. The van der Waals surface area contributed by atoms with E-state index in [0.717, 1.165) is 36.3 Å². The Bertz CT molecular complexity index is 826. The van der Waals surface area contributed by atoms with Crippen molar-refractivity contribution in [1.29, 1.82) is 0 Å². The summed E-state index contributed by atoms with van der Waals surface area (Å²) in [7, 11) is 0. The highest BCUT2D eigenvalue weighted by Gasteiger charge is 2.31. The molecule has 2 aromatic carbocycles. The van der Waals surface area contributed by atoms with Crippen molar-refractivity contribution < 1.29 is 23.4 Å². The van der Waals surface area contributed by atoms with Gasteiger partial charge in [-0.1, -0.05) is 18.2 Å². The molecule has 0 saturated carbocycles. The van der Waals surface area contributed by atoms with Gasteiger partial charge in [0.15, 0.2) is 29.7 Å². The van der Waals surface area contributed by atoms with Crippen LogP contribution in [0.25, 0.3) is 0 Å². The lowest BCUT2D eigenvalue weighted by Gasteiger charge is -2.25. The number of halogens is 1. The first-order valence-electron chi connectivity index (χ1n) is 9.29. The van der Waals surface area contributed by atoms with Crippen LogP contribution in [0.4, 0.5) is 4.39 Å². The van der Waals surface area contributed by atoms with E-state index in [1.165, 1.54) is 12.1 Å². The molecular weight excluding hydrogens is 349 g/mol. The molecule has 6 heteroatoms. The largest absolute Gasteiger partial charge is 0.490 e. The molecule has 0 bridgehead atoms. The first-order valence-corrected chi connectivity index (χ1v) is 9.29. The normalized spacial score (nSPS) is 18.9. The molecule has 0 spiro atoms. The summed E-state index contributed by atoms with van der Waals surface area (Å²) in [6.45, 7) is 1.76. The molecule has 4 rings (SSSR count). The molecule has 5 nitrogen and oxygen atoms in total. The minimum Gasteiger partial charge on any atom is -0.490 e. The summed E-state index contributed by atoms with van der Waals surface area (Å²) in [5.41, 5.74) is 1.02. The quantitative estimate of drug-likeness (QED) is 0.822. The number of likely N-dealkylation sites (tertiary alicyclic amines) is 1. The number of amides is 1. The predicted octanol–water partition coefficient (Wildman–Crippen LogP) is 3.73. The molecule has 142 valence electrons. The maximum absolute atomic E-state index is 13.7. The van der Waals surface area contributed by atoms with Crippen molar-refractivity contribution in [3.8, 4) is 17.2 Å². The summed E-state index contributed by atoms with van der Waals surface area (Å²) in [5.74, 6) is 0.957. The number of fused-ring (bicyclic) bond motifs is 1. The molecule has 2 aliphatic rings. The summed E-state index contributed by atoms with van der Waals surface area (Å²) >= 11 is 0. The third-order valence-electron chi connectivity index (χ3n) is 4.92. The fourth-order valence-electron chi connectivity index (χ4n) is 3.58. The van der Waals surface area contributed by atoms with E-state index >= 15 is 0 Å². The predicted molar refractivity (Wildman–Crippen MR) is 97.6 cm³/mol. The van der Waals surface area contributed by atoms with E-state index in [9.17, 15) is 9.18 Å². The molecule has 0 unspecified atom stereocenters. The Morgan fingerprint density at radius 2 is 1.93 bits per heavy atom. The van der Waals surface area contributed by atoms with Crippen LogP contribution in [0, 0.1) is 5.82 Å². The Balaban J connectivity index is 1.46. The molecule has 0 aromatic heterocycles. The van der Waals surface area contributed by atoms with Crippen molar-refractivity contribution >= 4 is 5.91 Å². The van der Waals surface area contributed by atoms with Crippen molar-refractivity contribution in [2.45, 2.75) is 25.3 Å². The van der Waals surface area contributed by atoms with Crippen LogP contribution >= 0.6 is 0 Å². The first kappa shape index (κ1) is 17.6. The van der Waals surface area contributed by atoms with E-state index in [0.29, 0.717) is 19.8 Å². The van der Waals surface area contributed by atoms with E-state index in [2.05, 4.69) is 0 Å². The molecule has 1 amide bonds. The lowest BCUT2D eigenvalue weighted by atomic mass is 10.0. The molecule has 1 fully saturated rings. The summed E-state index contributed by atoms with van der Waals surface area (Å²) in [5, 5.41) is 0. The molecule has 1 saturated heterocycles. The number of carbonyl (C=O) groups is 1. The Labute approximate surface area is 157 Å². The summed E-state index contributed by atoms with van der Waals surface area (Å²) in [6.07, 6.45) is 2.65. The standard InChI is InChI=1S/C21H22FNO4/c22-16-5-1-2-7-18(16)27-14-21(24)23-10-3-6-17(23)15-8-9-19-20(13-15)26-12-4-11-25-19/h1-2,5,7-9,13,17H,3-4,6,10-12,14H2/t17-/m1/s1. The lowest BCUT2D eigenvalue weighted by molar-refractivity contribution is -0.134. The number of benzene rings is 2. The van der Waals surface area contributed by atoms with Crippen LogP contribution in [0.1, 0.15) is 30.9 Å². The third-order valence-corrected chi connectivity index (χ3v) is 4.92. The Hall–Kier alpha value is -2.76. The number of nitrogens with zero attached hydrogens (tertiary/aromatic N) is 1. The number of carbonyl (C=O) groups excluding carboxylic acids is 1. The SMILES string of the molecule is O=C(COc1ccccc1F)N1CCC[C@@H]1c1ccc2c(c1)OCCCO2. The van der Waals surface area contributed by atoms with Crippen LogP contribution in [0.15, 0.2) is 42.5 Å². The molecular formula is C21H22FNO4. The molecule has 0 radical (unpaired) electrons. The van der Waals surface area contributed by atoms with Crippen LogP contribution < -0.4 is 14.2 Å².